The van der Waals surface area contributed by atoms with Crippen molar-refractivity contribution in [2.45, 2.75) is 0 Å². The van der Waals surface area contributed by atoms with Crippen molar-refractivity contribution in [2.24, 2.45) is 0 Å². The van der Waals surface area contributed by atoms with Gasteiger partial charge in [-0.3, -0.25) is 0 Å². The Labute approximate surface area is 131 Å². The van der Waals surface area contributed by atoms with Gasteiger partial charge < -0.3 is 10.1 Å². The molecule has 0 radical (unpaired) electrons. The van der Waals surface area contributed by atoms with E-state index >= 15 is 0 Å². The molecule has 0 unspecified atom stereocenters. The molecule has 0 aliphatic rings. The summed E-state index contributed by atoms with van der Waals surface area (Å²) in [6.45, 7) is 0. The van der Waals surface area contributed by atoms with E-state index < -0.39 is 0 Å². The molecule has 0 saturated carbocycles. The quantitative estimate of drug-likeness (QED) is 0.763. The summed E-state index contributed by atoms with van der Waals surface area (Å²) in [5, 5.41) is 4.72. The van der Waals surface area contributed by atoms with E-state index in [1.54, 1.807) is 7.11 Å². The van der Waals surface area contributed by atoms with Gasteiger partial charge in [-0.25, -0.2) is 0 Å². The van der Waals surface area contributed by atoms with E-state index in [1.165, 1.54) is 11.5 Å². The molecule has 0 aliphatic heterocycles. The van der Waals surface area contributed by atoms with Crippen molar-refractivity contribution in [3.63, 3.8) is 0 Å². The summed E-state index contributed by atoms with van der Waals surface area (Å²) in [7, 11) is 1.64. The highest BCUT2D eigenvalue weighted by atomic mass is 35.5. The molecule has 1 N–H and O–H groups in total. The number of methoxy groups -OCH3 is 1. The molecule has 0 fully saturated rings. The molecule has 3 rings (SSSR count). The van der Waals surface area contributed by atoms with Crippen LogP contribution in [-0.4, -0.2) is 16.5 Å². The summed E-state index contributed by atoms with van der Waals surface area (Å²) in [6, 6.07) is 15.1. The average Bonchev–Trinajstić information content (AvgIpc) is 2.97. The lowest BCUT2D eigenvalue weighted by Gasteiger charge is -2.03. The van der Waals surface area contributed by atoms with Crippen LogP contribution in [0, 0.1) is 0 Å². The summed E-state index contributed by atoms with van der Waals surface area (Å²) in [4.78, 5) is 4.47. The van der Waals surface area contributed by atoms with E-state index in [0.717, 1.165) is 22.0 Å². The molecule has 2 aromatic carbocycles. The minimum atomic E-state index is 0.579. The van der Waals surface area contributed by atoms with Crippen LogP contribution in [0.3, 0.4) is 0 Å². The molecule has 0 atom stereocenters. The molecule has 0 saturated heterocycles. The molecule has 0 bridgehead atoms. The van der Waals surface area contributed by atoms with E-state index in [2.05, 4.69) is 14.7 Å². The third-order valence-electron chi connectivity index (χ3n) is 2.86. The zero-order valence-electron chi connectivity index (χ0n) is 11.2. The lowest BCUT2D eigenvalue weighted by atomic mass is 10.2. The first-order valence-corrected chi connectivity index (χ1v) is 7.40. The molecule has 106 valence electrons. The first-order chi connectivity index (χ1) is 10.2. The Morgan fingerprint density at radius 3 is 2.43 bits per heavy atom. The Morgan fingerprint density at radius 1 is 1.05 bits per heavy atom. The molecule has 3 aromatic rings. The second-order valence-corrected chi connectivity index (χ2v) is 5.47. The van der Waals surface area contributed by atoms with Gasteiger partial charge in [0.1, 0.15) is 10.8 Å². The zero-order chi connectivity index (χ0) is 14.7. The maximum atomic E-state index is 5.88. The first kappa shape index (κ1) is 13.9. The summed E-state index contributed by atoms with van der Waals surface area (Å²) >= 11 is 7.23. The molecule has 1 aromatic heterocycles. The number of anilines is 2. The molecule has 1 heterocycles. The lowest BCUT2D eigenvalue weighted by molar-refractivity contribution is 0.415. The number of rotatable bonds is 4. The van der Waals surface area contributed by atoms with Gasteiger partial charge >= 0.3 is 0 Å². The molecular formula is C15H12ClN3OS. The number of hydrogen-bond acceptors (Lipinski definition) is 5. The minimum Gasteiger partial charge on any atom is -0.497 e. The molecule has 0 aliphatic carbocycles. The largest absolute Gasteiger partial charge is 0.497 e. The third-order valence-corrected chi connectivity index (χ3v) is 3.88. The van der Waals surface area contributed by atoms with E-state index in [-0.39, 0.29) is 0 Å². The van der Waals surface area contributed by atoms with Gasteiger partial charge in [-0.2, -0.15) is 9.36 Å². The molecule has 4 nitrogen and oxygen atoms in total. The Balaban J connectivity index is 1.76. The highest BCUT2D eigenvalue weighted by molar-refractivity contribution is 7.09. The van der Waals surface area contributed by atoms with Crippen LogP contribution >= 0.6 is 23.1 Å². The van der Waals surface area contributed by atoms with Gasteiger partial charge in [0.2, 0.25) is 5.95 Å². The number of aromatic nitrogens is 2. The summed E-state index contributed by atoms with van der Waals surface area (Å²) in [6.07, 6.45) is 0. The maximum absolute atomic E-state index is 5.88. The van der Waals surface area contributed by atoms with Crippen molar-refractivity contribution in [1.29, 1.82) is 0 Å². The smallest absolute Gasteiger partial charge is 0.239 e. The van der Waals surface area contributed by atoms with Gasteiger partial charge in [0, 0.05) is 16.3 Å². The van der Waals surface area contributed by atoms with Crippen LogP contribution < -0.4 is 10.1 Å². The topological polar surface area (TPSA) is 47.0 Å². The van der Waals surface area contributed by atoms with Crippen molar-refractivity contribution in [3.8, 4) is 16.3 Å². The van der Waals surface area contributed by atoms with Gasteiger partial charge in [-0.05, 0) is 47.9 Å². The van der Waals surface area contributed by atoms with Crippen molar-refractivity contribution < 1.29 is 4.74 Å². The standard InChI is InChI=1S/C15H12ClN3OS/c1-20-13-8-6-12(7-9-13)17-15-18-14(21-19-15)10-2-4-11(16)5-3-10/h2-9H,1H3,(H,17,19). The third kappa shape index (κ3) is 3.32. The molecule has 0 amide bonds. The monoisotopic (exact) mass is 317 g/mol. The summed E-state index contributed by atoms with van der Waals surface area (Å²) in [5.74, 6) is 1.39. The number of ether oxygens (including phenoxy) is 1. The number of halogens is 1. The van der Waals surface area contributed by atoms with Crippen LogP contribution in [-0.2, 0) is 0 Å². The van der Waals surface area contributed by atoms with Crippen molar-refractivity contribution in [3.05, 3.63) is 53.6 Å². The summed E-state index contributed by atoms with van der Waals surface area (Å²) < 4.78 is 9.43. The Bertz CT molecular complexity index is 725. The van der Waals surface area contributed by atoms with E-state index in [1.807, 2.05) is 48.5 Å². The second kappa shape index (κ2) is 6.11. The Kier molecular flexibility index (Phi) is 4.03. The normalized spacial score (nSPS) is 10.4. The number of nitrogens with one attached hydrogen (secondary N) is 1. The highest BCUT2D eigenvalue weighted by Gasteiger charge is 2.06. The van der Waals surface area contributed by atoms with Crippen LogP contribution in [0.25, 0.3) is 10.6 Å². The average molecular weight is 318 g/mol. The number of hydrogen-bond donors (Lipinski definition) is 1. The molecular weight excluding hydrogens is 306 g/mol. The van der Waals surface area contributed by atoms with Crippen LogP contribution in [0.15, 0.2) is 48.5 Å². The lowest BCUT2D eigenvalue weighted by Crippen LogP contribution is -1.92. The van der Waals surface area contributed by atoms with E-state index in [0.29, 0.717) is 11.0 Å². The van der Waals surface area contributed by atoms with Crippen LogP contribution in [0.1, 0.15) is 0 Å². The van der Waals surface area contributed by atoms with E-state index in [4.69, 9.17) is 16.3 Å². The molecule has 21 heavy (non-hydrogen) atoms. The predicted octanol–water partition coefficient (Wildman–Crippen LogP) is 4.61. The molecule has 6 heteroatoms. The van der Waals surface area contributed by atoms with Crippen molar-refractivity contribution in [1.82, 2.24) is 9.36 Å². The van der Waals surface area contributed by atoms with Crippen molar-refractivity contribution >= 4 is 34.8 Å². The van der Waals surface area contributed by atoms with E-state index in [9.17, 15) is 0 Å². The van der Waals surface area contributed by atoms with Gasteiger partial charge in [-0.15, -0.1) is 0 Å². The maximum Gasteiger partial charge on any atom is 0.239 e. The Morgan fingerprint density at radius 2 is 1.76 bits per heavy atom. The zero-order valence-corrected chi connectivity index (χ0v) is 12.8. The highest BCUT2D eigenvalue weighted by Crippen LogP contribution is 2.26. The summed E-state index contributed by atoms with van der Waals surface area (Å²) in [5.41, 5.74) is 1.91. The van der Waals surface area contributed by atoms with Gasteiger partial charge in [0.25, 0.3) is 0 Å². The van der Waals surface area contributed by atoms with Crippen molar-refractivity contribution in [2.75, 3.05) is 12.4 Å². The van der Waals surface area contributed by atoms with Crippen LogP contribution in [0.2, 0.25) is 5.02 Å². The minimum absolute atomic E-state index is 0.579. The fourth-order valence-electron chi connectivity index (χ4n) is 1.79. The molecule has 0 spiro atoms. The van der Waals surface area contributed by atoms with Crippen LogP contribution in [0.4, 0.5) is 11.6 Å². The SMILES string of the molecule is COc1ccc(Nc2nsc(-c3ccc(Cl)cc3)n2)cc1. The predicted molar refractivity (Wildman–Crippen MR) is 86.6 cm³/mol. The first-order valence-electron chi connectivity index (χ1n) is 6.25. The second-order valence-electron chi connectivity index (χ2n) is 4.28. The van der Waals surface area contributed by atoms with Gasteiger partial charge in [-0.1, -0.05) is 23.7 Å². The Hall–Kier alpha value is -2.11. The van der Waals surface area contributed by atoms with Gasteiger partial charge in [0.15, 0.2) is 0 Å². The van der Waals surface area contributed by atoms with Crippen LogP contribution in [0.5, 0.6) is 5.75 Å². The fraction of sp³-hybridized carbons (Fsp3) is 0.0667. The fourth-order valence-corrected chi connectivity index (χ4v) is 2.54. The van der Waals surface area contributed by atoms with Gasteiger partial charge in [0.05, 0.1) is 7.11 Å². The number of benzene rings is 2. The number of nitrogens with zero attached hydrogens (tertiary/aromatic N) is 2.